The molecule has 0 unspecified atom stereocenters. The minimum absolute atomic E-state index is 0.623. The summed E-state index contributed by atoms with van der Waals surface area (Å²) in [6.45, 7) is 9.07. The topological polar surface area (TPSA) is 87.7 Å². The predicted molar refractivity (Wildman–Crippen MR) is 85.6 cm³/mol. The Balaban J connectivity index is 0.000000151. The summed E-state index contributed by atoms with van der Waals surface area (Å²) in [6, 6.07) is 0. The van der Waals surface area contributed by atoms with Crippen LogP contribution in [0.5, 0.6) is 0 Å². The molecule has 112 valence electrons. The molecule has 0 radical (unpaired) electrons. The van der Waals surface area contributed by atoms with Crippen LogP contribution in [0.15, 0.2) is 4.34 Å². The van der Waals surface area contributed by atoms with Gasteiger partial charge < -0.3 is 34.6 Å². The summed E-state index contributed by atoms with van der Waals surface area (Å²) in [5, 5.41) is 20.4. The standard InChI is InChI=1S/C4H10N2.2C3H4N2S2/c1-2-6-4-3-5-1;2*1-2-4-5-3(6)7-2/h5-6H,1-4H2;2*1H3,(H,5,6)/p+1. The highest BCUT2D eigenvalue weighted by atomic mass is 32.2. The zero-order valence-corrected chi connectivity index (χ0v) is 14.7. The molecular formula is C10H19N6S4+. The average molecular weight is 352 g/mol. The SMILES string of the molecule is C1C[NH2+]CC[NH2+]1.Cc1n[nH]c(=S)s1.Cc1nnc([S-])s1. The molecule has 1 fully saturated rings. The highest BCUT2D eigenvalue weighted by Gasteiger charge is 1.99. The predicted octanol–water partition coefficient (Wildman–Crippen LogP) is -0.612. The zero-order valence-electron chi connectivity index (χ0n) is 11.5. The monoisotopic (exact) mass is 351 g/mol. The summed E-state index contributed by atoms with van der Waals surface area (Å²) in [7, 11) is 0. The maximum absolute atomic E-state index is 4.73. The van der Waals surface area contributed by atoms with Gasteiger partial charge in [-0.1, -0.05) is 11.3 Å². The summed E-state index contributed by atoms with van der Waals surface area (Å²) >= 11 is 12.3. The number of nitrogens with one attached hydrogen (secondary N) is 1. The first-order valence-corrected chi connectivity index (χ1v) is 8.65. The van der Waals surface area contributed by atoms with Gasteiger partial charge in [0, 0.05) is 5.01 Å². The molecule has 5 N–H and O–H groups in total. The van der Waals surface area contributed by atoms with Crippen molar-refractivity contribution in [3.8, 4) is 0 Å². The molecule has 0 saturated carbocycles. The molecule has 20 heavy (non-hydrogen) atoms. The molecular weight excluding hydrogens is 332 g/mol. The molecule has 1 aliphatic heterocycles. The summed E-state index contributed by atoms with van der Waals surface area (Å²) in [5.74, 6) is 0. The van der Waals surface area contributed by atoms with Crippen LogP contribution in [0, 0.1) is 17.8 Å². The third-order valence-electron chi connectivity index (χ3n) is 2.20. The third-order valence-corrected chi connectivity index (χ3v) is 4.17. The molecule has 0 spiro atoms. The van der Waals surface area contributed by atoms with Gasteiger partial charge in [0.25, 0.3) is 0 Å². The van der Waals surface area contributed by atoms with Gasteiger partial charge in [-0.15, -0.1) is 0 Å². The lowest BCUT2D eigenvalue weighted by molar-refractivity contribution is -0.787. The number of nitrogens with two attached hydrogens (primary N) is 2. The lowest BCUT2D eigenvalue weighted by Crippen LogP contribution is -3.04. The number of nitrogens with zero attached hydrogens (tertiary/aromatic N) is 3. The Hall–Kier alpha value is -0.520. The van der Waals surface area contributed by atoms with E-state index in [1.54, 1.807) is 0 Å². The lowest BCUT2D eigenvalue weighted by Gasteiger charge is -2.04. The maximum Gasteiger partial charge on any atom is 0.176 e. The van der Waals surface area contributed by atoms with E-state index in [2.05, 4.69) is 43.7 Å². The van der Waals surface area contributed by atoms with E-state index >= 15 is 0 Å². The van der Waals surface area contributed by atoms with E-state index in [-0.39, 0.29) is 0 Å². The Morgan fingerprint density at radius 1 is 1.05 bits per heavy atom. The molecule has 1 aliphatic rings. The fourth-order valence-corrected chi connectivity index (χ4v) is 3.02. The van der Waals surface area contributed by atoms with Crippen LogP contribution in [0.3, 0.4) is 0 Å². The molecule has 0 aliphatic carbocycles. The highest BCUT2D eigenvalue weighted by molar-refractivity contribution is 7.73. The molecule has 1 saturated heterocycles. The van der Waals surface area contributed by atoms with Crippen molar-refractivity contribution in [2.45, 2.75) is 18.2 Å². The molecule has 0 atom stereocenters. The van der Waals surface area contributed by atoms with E-state index < -0.39 is 0 Å². The fraction of sp³-hybridized carbons (Fsp3) is 0.600. The Labute approximate surface area is 136 Å². The zero-order chi connectivity index (χ0) is 14.8. The Bertz CT molecular complexity index is 502. The van der Waals surface area contributed by atoms with Crippen molar-refractivity contribution in [2.24, 2.45) is 0 Å². The number of piperazine rings is 1. The van der Waals surface area contributed by atoms with E-state index in [9.17, 15) is 0 Å². The summed E-state index contributed by atoms with van der Waals surface area (Å²) in [4.78, 5) is 0. The van der Waals surface area contributed by atoms with Gasteiger partial charge in [-0.3, -0.25) is 5.10 Å². The van der Waals surface area contributed by atoms with Crippen LogP contribution >= 0.6 is 34.9 Å². The molecule has 2 aromatic rings. The quantitative estimate of drug-likeness (QED) is 0.435. The van der Waals surface area contributed by atoms with Crippen molar-refractivity contribution < 1.29 is 10.6 Å². The number of rotatable bonds is 0. The minimum Gasteiger partial charge on any atom is -0.406 e. The second-order valence-corrected chi connectivity index (χ2v) is 7.65. The van der Waals surface area contributed by atoms with E-state index in [0.717, 1.165) is 14.0 Å². The van der Waals surface area contributed by atoms with Gasteiger partial charge in [0.1, 0.15) is 31.2 Å². The van der Waals surface area contributed by atoms with Crippen LogP contribution in [0.2, 0.25) is 0 Å². The van der Waals surface area contributed by atoms with Crippen molar-refractivity contribution in [3.63, 3.8) is 0 Å². The lowest BCUT2D eigenvalue weighted by atomic mass is 10.4. The fourth-order valence-electron chi connectivity index (χ4n) is 1.34. The Morgan fingerprint density at radius 2 is 1.65 bits per heavy atom. The van der Waals surface area contributed by atoms with E-state index in [1.165, 1.54) is 48.9 Å². The van der Waals surface area contributed by atoms with E-state index in [4.69, 9.17) is 12.2 Å². The van der Waals surface area contributed by atoms with Gasteiger partial charge in [0.15, 0.2) is 3.95 Å². The van der Waals surface area contributed by atoms with Crippen molar-refractivity contribution in [1.29, 1.82) is 0 Å². The second kappa shape index (κ2) is 10.2. The van der Waals surface area contributed by atoms with Crippen LogP contribution in [-0.2, 0) is 12.6 Å². The van der Waals surface area contributed by atoms with Crippen LogP contribution in [0.25, 0.3) is 0 Å². The first-order chi connectivity index (χ1) is 9.58. The molecule has 0 bridgehead atoms. The maximum atomic E-state index is 4.73. The van der Waals surface area contributed by atoms with E-state index in [1.807, 2.05) is 13.8 Å². The first kappa shape index (κ1) is 17.5. The number of aromatic nitrogens is 4. The summed E-state index contributed by atoms with van der Waals surface area (Å²) in [5.41, 5.74) is 0. The Kier molecular flexibility index (Phi) is 8.98. The van der Waals surface area contributed by atoms with Gasteiger partial charge >= 0.3 is 0 Å². The van der Waals surface area contributed by atoms with Crippen molar-refractivity contribution in [2.75, 3.05) is 26.2 Å². The van der Waals surface area contributed by atoms with Gasteiger partial charge in [-0.05, 0) is 30.4 Å². The van der Waals surface area contributed by atoms with Gasteiger partial charge in [-0.2, -0.15) is 15.3 Å². The average Bonchev–Trinajstić information content (AvgIpc) is 3.01. The minimum atomic E-state index is 0.623. The molecule has 3 rings (SSSR count). The van der Waals surface area contributed by atoms with Crippen LogP contribution in [0.4, 0.5) is 0 Å². The Morgan fingerprint density at radius 3 is 1.80 bits per heavy atom. The van der Waals surface area contributed by atoms with Gasteiger partial charge in [-0.25, -0.2) is 0 Å². The molecule has 0 amide bonds. The van der Waals surface area contributed by atoms with Gasteiger partial charge in [0.05, 0.1) is 0 Å². The molecule has 2 aromatic heterocycles. The number of aryl methyl sites for hydroxylation is 2. The van der Waals surface area contributed by atoms with Crippen LogP contribution in [0.1, 0.15) is 10.0 Å². The summed E-state index contributed by atoms with van der Waals surface area (Å²) < 4.78 is 1.37. The molecule has 3 heterocycles. The third kappa shape index (κ3) is 8.61. The van der Waals surface area contributed by atoms with Crippen molar-refractivity contribution in [1.82, 2.24) is 20.4 Å². The van der Waals surface area contributed by atoms with Crippen molar-refractivity contribution in [3.05, 3.63) is 14.0 Å². The van der Waals surface area contributed by atoms with Crippen LogP contribution in [-0.4, -0.2) is 46.6 Å². The number of hydrogen-bond acceptors (Lipinski definition) is 7. The van der Waals surface area contributed by atoms with Crippen molar-refractivity contribution >= 4 is 47.5 Å². The smallest absolute Gasteiger partial charge is 0.176 e. The highest BCUT2D eigenvalue weighted by Crippen LogP contribution is 2.04. The molecule has 10 heteroatoms. The normalized spacial score (nSPS) is 13.7. The molecule has 0 aromatic carbocycles. The van der Waals surface area contributed by atoms with Crippen LogP contribution < -0.4 is 10.6 Å². The number of quaternary nitrogens is 2. The largest absolute Gasteiger partial charge is 0.406 e. The number of hydrogen-bond donors (Lipinski definition) is 3. The number of H-pyrrole nitrogens is 1. The number of aromatic amines is 1. The second-order valence-electron chi connectivity index (χ2n) is 3.95. The molecule has 6 nitrogen and oxygen atoms in total. The van der Waals surface area contributed by atoms with Gasteiger partial charge in [0.2, 0.25) is 0 Å². The van der Waals surface area contributed by atoms with E-state index in [0.29, 0.717) is 4.34 Å². The summed E-state index contributed by atoms with van der Waals surface area (Å²) in [6.07, 6.45) is 0. The first-order valence-electron chi connectivity index (χ1n) is 6.20.